The predicted molar refractivity (Wildman–Crippen MR) is 234 cm³/mol. The Balaban J connectivity index is 0.000000179. The average molecular weight is 779 g/mol. The van der Waals surface area contributed by atoms with Crippen LogP contribution in [0.4, 0.5) is 0 Å². The van der Waals surface area contributed by atoms with Crippen molar-refractivity contribution in [2.24, 2.45) is 35.0 Å². The van der Waals surface area contributed by atoms with Crippen LogP contribution in [0.25, 0.3) is 21.5 Å². The molecule has 6 nitrogen and oxygen atoms in total. The van der Waals surface area contributed by atoms with Crippen LogP contribution in [0.3, 0.4) is 0 Å². The summed E-state index contributed by atoms with van der Waals surface area (Å²) >= 11 is 0. The summed E-state index contributed by atoms with van der Waals surface area (Å²) in [6.07, 6.45) is 10.0. The highest BCUT2D eigenvalue weighted by Gasteiger charge is 2.57. The number of carbonyl (C=O) groups is 2. The van der Waals surface area contributed by atoms with Crippen LogP contribution in [-0.2, 0) is 19.1 Å². The largest absolute Gasteiger partial charge is 0.508 e. The van der Waals surface area contributed by atoms with Gasteiger partial charge >= 0.3 is 11.9 Å². The molecule has 4 bridgehead atoms. The van der Waals surface area contributed by atoms with Crippen LogP contribution < -0.4 is 4.74 Å². The summed E-state index contributed by atoms with van der Waals surface area (Å²) in [7, 11) is 0. The van der Waals surface area contributed by atoms with Gasteiger partial charge in [-0.05, 0) is 179 Å². The molecule has 0 heterocycles. The SMILES string of the molecule is CCC(C)(C)C(=O)OC1(C)C2CC3CC(C2)CC1C3.CCC(C)C(=O)OC(C)(C)CCOc1ccc2cc3ccccc3cc2c1.CCC(C)c1ccc(O)cc1. The molecule has 0 radical (unpaired) electrons. The lowest BCUT2D eigenvalue weighted by Crippen LogP contribution is -2.58. The molecule has 8 rings (SSSR count). The van der Waals surface area contributed by atoms with Crippen LogP contribution in [0.1, 0.15) is 139 Å². The van der Waals surface area contributed by atoms with Gasteiger partial charge in [0.15, 0.2) is 0 Å². The second-order valence-electron chi connectivity index (χ2n) is 18.8. The van der Waals surface area contributed by atoms with Crippen LogP contribution in [0.5, 0.6) is 11.5 Å². The Morgan fingerprint density at radius 3 is 1.86 bits per heavy atom. The number of hydrogen-bond donors (Lipinski definition) is 1. The molecule has 0 saturated heterocycles. The van der Waals surface area contributed by atoms with Gasteiger partial charge in [0.1, 0.15) is 22.7 Å². The highest BCUT2D eigenvalue weighted by atomic mass is 16.6. The van der Waals surface area contributed by atoms with Crippen LogP contribution in [-0.4, -0.2) is 34.9 Å². The molecule has 4 aliphatic carbocycles. The number of phenolic OH excluding ortho intramolecular Hbond substituents is 1. The molecule has 310 valence electrons. The summed E-state index contributed by atoms with van der Waals surface area (Å²) in [5.74, 6) is 4.68. The lowest BCUT2D eigenvalue weighted by atomic mass is 9.50. The molecule has 0 spiro atoms. The quantitative estimate of drug-likeness (QED) is 0.114. The van der Waals surface area contributed by atoms with Gasteiger partial charge in [0, 0.05) is 6.42 Å². The third kappa shape index (κ3) is 11.1. The molecular weight excluding hydrogens is 709 g/mol. The van der Waals surface area contributed by atoms with E-state index in [9.17, 15) is 9.59 Å². The summed E-state index contributed by atoms with van der Waals surface area (Å²) in [5, 5.41) is 13.8. The maximum Gasteiger partial charge on any atom is 0.312 e. The summed E-state index contributed by atoms with van der Waals surface area (Å²) in [4.78, 5) is 24.5. The zero-order valence-corrected chi connectivity index (χ0v) is 36.5. The van der Waals surface area contributed by atoms with Gasteiger partial charge in [-0.2, -0.15) is 0 Å². The Bertz CT molecular complexity index is 1910. The molecule has 4 aromatic rings. The monoisotopic (exact) mass is 779 g/mol. The Morgan fingerprint density at radius 1 is 0.754 bits per heavy atom. The molecule has 2 unspecified atom stereocenters. The molecule has 6 heteroatoms. The lowest BCUT2D eigenvalue weighted by Gasteiger charge is -2.59. The van der Waals surface area contributed by atoms with Crippen molar-refractivity contribution < 1.29 is 28.9 Å². The fourth-order valence-electron chi connectivity index (χ4n) is 8.82. The van der Waals surface area contributed by atoms with Crippen molar-refractivity contribution in [1.82, 2.24) is 0 Å². The van der Waals surface area contributed by atoms with Crippen molar-refractivity contribution in [1.29, 1.82) is 0 Å². The number of aromatic hydroxyl groups is 1. The van der Waals surface area contributed by atoms with Crippen molar-refractivity contribution in [2.45, 2.75) is 144 Å². The van der Waals surface area contributed by atoms with E-state index >= 15 is 0 Å². The first-order valence-corrected chi connectivity index (χ1v) is 21.8. The Kier molecular flexibility index (Phi) is 14.4. The zero-order chi connectivity index (χ0) is 41.5. The van der Waals surface area contributed by atoms with Crippen LogP contribution in [0.2, 0.25) is 0 Å². The number of rotatable bonds is 12. The average Bonchev–Trinajstić information content (AvgIpc) is 3.18. The second-order valence-corrected chi connectivity index (χ2v) is 18.8. The van der Waals surface area contributed by atoms with E-state index in [-0.39, 0.29) is 28.9 Å². The minimum atomic E-state index is -0.534. The van der Waals surface area contributed by atoms with Crippen molar-refractivity contribution in [3.63, 3.8) is 0 Å². The molecule has 4 saturated carbocycles. The van der Waals surface area contributed by atoms with Crippen LogP contribution in [0.15, 0.2) is 78.9 Å². The standard InChI is InChI=1S/C24H28O3.C17H28O2.C10H14O/c1-5-17(2)23(25)27-24(3,4)12-13-26-22-11-10-20-14-18-8-6-7-9-19(18)15-21(20)16-22;1-5-16(2,3)15(18)19-17(4)13-7-11-6-12(9-13)10-14(17)8-11;1-3-8(2)9-4-6-10(11)7-5-9/h6-11,14-17H,5,12-13H2,1-4H3;11-14H,5-10H2,1-4H3;4-8,11H,3H2,1-2H3. The van der Waals surface area contributed by atoms with E-state index < -0.39 is 5.60 Å². The van der Waals surface area contributed by atoms with Gasteiger partial charge in [0.05, 0.1) is 17.9 Å². The van der Waals surface area contributed by atoms with Crippen molar-refractivity contribution in [2.75, 3.05) is 6.61 Å². The summed E-state index contributed by atoms with van der Waals surface area (Å²) in [6, 6.07) is 26.3. The number of hydrogen-bond acceptors (Lipinski definition) is 6. The summed E-state index contributed by atoms with van der Waals surface area (Å²) in [5.41, 5.74) is 0.257. The van der Waals surface area contributed by atoms with Gasteiger partial charge in [-0.15, -0.1) is 0 Å². The van der Waals surface area contributed by atoms with E-state index in [1.807, 2.05) is 59.7 Å². The maximum atomic E-state index is 12.5. The first-order chi connectivity index (χ1) is 27.0. The molecule has 0 aromatic heterocycles. The third-order valence-electron chi connectivity index (χ3n) is 13.6. The number of esters is 2. The summed E-state index contributed by atoms with van der Waals surface area (Å²) < 4.78 is 17.7. The molecule has 4 aromatic carbocycles. The minimum absolute atomic E-state index is 0.0185. The summed E-state index contributed by atoms with van der Waals surface area (Å²) in [6.45, 7) is 20.9. The topological polar surface area (TPSA) is 82.1 Å². The van der Waals surface area contributed by atoms with Gasteiger partial charge in [-0.1, -0.05) is 77.1 Å². The maximum absolute atomic E-state index is 12.5. The fourth-order valence-corrected chi connectivity index (χ4v) is 8.82. The molecule has 57 heavy (non-hydrogen) atoms. The number of ether oxygens (including phenoxy) is 3. The van der Waals surface area contributed by atoms with Crippen molar-refractivity contribution in [3.8, 4) is 11.5 Å². The first-order valence-electron chi connectivity index (χ1n) is 21.8. The van der Waals surface area contributed by atoms with E-state index in [0.29, 0.717) is 36.5 Å². The van der Waals surface area contributed by atoms with E-state index in [1.54, 1.807) is 12.1 Å². The van der Waals surface area contributed by atoms with Crippen molar-refractivity contribution in [3.05, 3.63) is 84.4 Å². The van der Waals surface area contributed by atoms with Crippen LogP contribution in [0, 0.1) is 35.0 Å². The van der Waals surface area contributed by atoms with Gasteiger partial charge in [0.2, 0.25) is 0 Å². The fraction of sp³-hybridized carbons (Fsp3) is 0.569. The highest BCUT2D eigenvalue weighted by molar-refractivity contribution is 5.98. The zero-order valence-electron chi connectivity index (χ0n) is 36.5. The van der Waals surface area contributed by atoms with Crippen molar-refractivity contribution >= 4 is 33.5 Å². The molecule has 1 N–H and O–H groups in total. The predicted octanol–water partition coefficient (Wildman–Crippen LogP) is 13.2. The van der Waals surface area contributed by atoms with E-state index in [2.05, 4.69) is 76.2 Å². The Morgan fingerprint density at radius 2 is 1.32 bits per heavy atom. The molecule has 4 aliphatic rings. The Hall–Kier alpha value is -4.06. The lowest BCUT2D eigenvalue weighted by molar-refractivity contribution is -0.211. The molecule has 0 amide bonds. The van der Waals surface area contributed by atoms with Gasteiger partial charge in [0.25, 0.3) is 0 Å². The molecule has 4 fully saturated rings. The number of carbonyl (C=O) groups excluding carboxylic acids is 2. The number of fused-ring (bicyclic) bond motifs is 2. The molecule has 0 aliphatic heterocycles. The highest BCUT2D eigenvalue weighted by Crippen LogP contribution is 2.59. The van der Waals surface area contributed by atoms with E-state index in [4.69, 9.17) is 19.3 Å². The number of phenols is 1. The van der Waals surface area contributed by atoms with Gasteiger partial charge in [-0.25, -0.2) is 0 Å². The minimum Gasteiger partial charge on any atom is -0.508 e. The molecular formula is C51H70O6. The van der Waals surface area contributed by atoms with E-state index in [1.165, 1.54) is 53.8 Å². The van der Waals surface area contributed by atoms with Gasteiger partial charge in [-0.3, -0.25) is 9.59 Å². The normalized spacial score (nSPS) is 23.4. The van der Waals surface area contributed by atoms with Gasteiger partial charge < -0.3 is 19.3 Å². The smallest absolute Gasteiger partial charge is 0.312 e. The second kappa shape index (κ2) is 18.7. The Labute approximate surface area is 343 Å². The van der Waals surface area contributed by atoms with E-state index in [0.717, 1.165) is 42.2 Å². The number of benzene rings is 4. The van der Waals surface area contributed by atoms with Crippen LogP contribution >= 0.6 is 0 Å². The first kappa shape index (κ1) is 44.1. The third-order valence-corrected chi connectivity index (χ3v) is 13.6. The molecule has 2 atom stereocenters.